The van der Waals surface area contributed by atoms with Crippen LogP contribution in [0.15, 0.2) is 12.1 Å². The van der Waals surface area contributed by atoms with E-state index >= 15 is 0 Å². The van der Waals surface area contributed by atoms with E-state index in [4.69, 9.17) is 0 Å². The number of ether oxygens (including phenoxy) is 1. The van der Waals surface area contributed by atoms with Gasteiger partial charge in [-0.3, -0.25) is 4.79 Å². The molecule has 1 aromatic rings. The molecule has 0 aliphatic rings. The average Bonchev–Trinajstić information content (AvgIpc) is 2.81. The Morgan fingerprint density at radius 2 is 2.00 bits per heavy atom. The Kier molecular flexibility index (Phi) is 7.19. The summed E-state index contributed by atoms with van der Waals surface area (Å²) in [6.45, 7) is 6.34. The molecule has 0 fully saturated rings. The lowest BCUT2D eigenvalue weighted by Crippen LogP contribution is -2.41. The predicted octanol–water partition coefficient (Wildman–Crippen LogP) is 2.14. The van der Waals surface area contributed by atoms with Crippen LogP contribution in [-0.2, 0) is 22.5 Å². The van der Waals surface area contributed by atoms with Crippen LogP contribution in [-0.4, -0.2) is 44.7 Å². The SMILES string of the molecule is COC(=O)Cc1ccc(CNC(CN(C)C)C(C)C)s1. The highest BCUT2D eigenvalue weighted by Gasteiger charge is 2.14. The standard InChI is InChI=1S/C15H26N2O2S/c1-11(2)14(10-17(3)4)16-9-13-7-6-12(20-13)8-15(18)19-5/h6-7,11,14,16H,8-10H2,1-5H3. The molecule has 20 heavy (non-hydrogen) atoms. The maximum atomic E-state index is 11.2. The van der Waals surface area contributed by atoms with Crippen LogP contribution in [0.25, 0.3) is 0 Å². The van der Waals surface area contributed by atoms with Crippen molar-refractivity contribution in [3.05, 3.63) is 21.9 Å². The number of nitrogens with zero attached hydrogens (tertiary/aromatic N) is 1. The van der Waals surface area contributed by atoms with Gasteiger partial charge in [-0.05, 0) is 32.1 Å². The van der Waals surface area contributed by atoms with Gasteiger partial charge in [0.05, 0.1) is 13.5 Å². The molecule has 0 saturated heterocycles. The maximum Gasteiger partial charge on any atom is 0.310 e. The number of carbonyl (C=O) groups excluding carboxylic acids is 1. The molecular weight excluding hydrogens is 272 g/mol. The summed E-state index contributed by atoms with van der Waals surface area (Å²) < 4.78 is 4.68. The molecule has 1 atom stereocenters. The number of likely N-dealkylation sites (N-methyl/N-ethyl adjacent to an activating group) is 1. The van der Waals surface area contributed by atoms with Crippen LogP contribution in [0.2, 0.25) is 0 Å². The molecule has 4 nitrogen and oxygen atoms in total. The molecule has 0 radical (unpaired) electrons. The number of thiophene rings is 1. The fourth-order valence-corrected chi connectivity index (χ4v) is 2.92. The van der Waals surface area contributed by atoms with Crippen molar-refractivity contribution in [3.63, 3.8) is 0 Å². The number of hydrogen-bond acceptors (Lipinski definition) is 5. The Balaban J connectivity index is 2.49. The van der Waals surface area contributed by atoms with E-state index in [2.05, 4.69) is 49.0 Å². The van der Waals surface area contributed by atoms with Gasteiger partial charge in [0.15, 0.2) is 0 Å². The lowest BCUT2D eigenvalue weighted by atomic mass is 10.0. The number of rotatable bonds is 8. The Morgan fingerprint density at radius 3 is 2.55 bits per heavy atom. The summed E-state index contributed by atoms with van der Waals surface area (Å²) >= 11 is 1.67. The van der Waals surface area contributed by atoms with E-state index in [0.29, 0.717) is 18.4 Å². The average molecular weight is 298 g/mol. The Bertz CT molecular complexity index is 416. The van der Waals surface area contributed by atoms with Crippen molar-refractivity contribution in [1.29, 1.82) is 0 Å². The molecule has 1 rings (SSSR count). The smallest absolute Gasteiger partial charge is 0.310 e. The zero-order chi connectivity index (χ0) is 15.1. The molecule has 5 heteroatoms. The zero-order valence-electron chi connectivity index (χ0n) is 13.1. The maximum absolute atomic E-state index is 11.2. The van der Waals surface area contributed by atoms with Crippen LogP contribution >= 0.6 is 11.3 Å². The summed E-state index contributed by atoms with van der Waals surface area (Å²) in [7, 11) is 5.61. The van der Waals surface area contributed by atoms with Crippen molar-refractivity contribution in [2.75, 3.05) is 27.7 Å². The van der Waals surface area contributed by atoms with Gasteiger partial charge in [0.2, 0.25) is 0 Å². The second-order valence-electron chi connectivity index (χ2n) is 5.61. The van der Waals surface area contributed by atoms with Crippen molar-refractivity contribution in [2.24, 2.45) is 5.92 Å². The topological polar surface area (TPSA) is 41.6 Å². The predicted molar refractivity (Wildman–Crippen MR) is 84.1 cm³/mol. The monoisotopic (exact) mass is 298 g/mol. The van der Waals surface area contributed by atoms with Gasteiger partial charge >= 0.3 is 5.97 Å². The van der Waals surface area contributed by atoms with Gasteiger partial charge in [0, 0.05) is 28.9 Å². The minimum Gasteiger partial charge on any atom is -0.469 e. The first-order valence-corrected chi connectivity index (χ1v) is 7.76. The molecule has 0 spiro atoms. The molecule has 1 heterocycles. The first kappa shape index (κ1) is 17.1. The van der Waals surface area contributed by atoms with Gasteiger partial charge in [-0.2, -0.15) is 0 Å². The summed E-state index contributed by atoms with van der Waals surface area (Å²) in [6.07, 6.45) is 0.368. The molecule has 1 N–H and O–H groups in total. The molecule has 0 saturated carbocycles. The largest absolute Gasteiger partial charge is 0.469 e. The van der Waals surface area contributed by atoms with Gasteiger partial charge in [0.1, 0.15) is 0 Å². The Morgan fingerprint density at radius 1 is 1.35 bits per heavy atom. The van der Waals surface area contributed by atoms with Gasteiger partial charge < -0.3 is 15.0 Å². The third-order valence-corrected chi connectivity index (χ3v) is 4.25. The molecule has 0 aromatic carbocycles. The molecule has 0 aliphatic carbocycles. The fraction of sp³-hybridized carbons (Fsp3) is 0.667. The normalized spacial score (nSPS) is 12.9. The van der Waals surface area contributed by atoms with Gasteiger partial charge in [0.25, 0.3) is 0 Å². The summed E-state index contributed by atoms with van der Waals surface area (Å²) in [4.78, 5) is 15.7. The minimum atomic E-state index is -0.181. The van der Waals surface area contributed by atoms with E-state index in [1.807, 2.05) is 6.07 Å². The molecule has 1 unspecified atom stereocenters. The Hall–Kier alpha value is -0.910. The van der Waals surface area contributed by atoms with Crippen molar-refractivity contribution < 1.29 is 9.53 Å². The van der Waals surface area contributed by atoms with E-state index in [-0.39, 0.29) is 5.97 Å². The van der Waals surface area contributed by atoms with Crippen LogP contribution in [0, 0.1) is 5.92 Å². The lowest BCUT2D eigenvalue weighted by molar-refractivity contribution is -0.139. The minimum absolute atomic E-state index is 0.181. The first-order chi connectivity index (χ1) is 9.42. The second-order valence-corrected chi connectivity index (χ2v) is 6.87. The first-order valence-electron chi connectivity index (χ1n) is 6.95. The number of nitrogens with one attached hydrogen (secondary N) is 1. The number of carbonyl (C=O) groups is 1. The summed E-state index contributed by atoms with van der Waals surface area (Å²) in [5, 5.41) is 3.60. The van der Waals surface area contributed by atoms with Crippen molar-refractivity contribution in [2.45, 2.75) is 32.9 Å². The van der Waals surface area contributed by atoms with Crippen LogP contribution < -0.4 is 5.32 Å². The molecule has 0 amide bonds. The van der Waals surface area contributed by atoms with E-state index in [0.717, 1.165) is 18.0 Å². The number of hydrogen-bond donors (Lipinski definition) is 1. The summed E-state index contributed by atoms with van der Waals surface area (Å²) in [6, 6.07) is 4.56. The zero-order valence-corrected chi connectivity index (χ0v) is 13.9. The number of methoxy groups -OCH3 is 1. The van der Waals surface area contributed by atoms with Crippen molar-refractivity contribution in [1.82, 2.24) is 10.2 Å². The highest BCUT2D eigenvalue weighted by atomic mass is 32.1. The van der Waals surface area contributed by atoms with Gasteiger partial charge in [-0.15, -0.1) is 11.3 Å². The fourth-order valence-electron chi connectivity index (χ4n) is 1.96. The highest BCUT2D eigenvalue weighted by Crippen LogP contribution is 2.18. The van der Waals surface area contributed by atoms with Crippen LogP contribution in [0.5, 0.6) is 0 Å². The van der Waals surface area contributed by atoms with Crippen molar-refractivity contribution in [3.8, 4) is 0 Å². The van der Waals surface area contributed by atoms with E-state index < -0.39 is 0 Å². The highest BCUT2D eigenvalue weighted by molar-refractivity contribution is 7.12. The molecule has 1 aromatic heterocycles. The van der Waals surface area contributed by atoms with Gasteiger partial charge in [-0.1, -0.05) is 13.8 Å². The molecule has 0 bridgehead atoms. The molecule has 114 valence electrons. The Labute approximate surface area is 126 Å². The van der Waals surface area contributed by atoms with Crippen LogP contribution in [0.3, 0.4) is 0 Å². The quantitative estimate of drug-likeness (QED) is 0.747. The summed E-state index contributed by atoms with van der Waals surface area (Å²) in [5.41, 5.74) is 0. The third kappa shape index (κ3) is 6.03. The van der Waals surface area contributed by atoms with Crippen LogP contribution in [0.1, 0.15) is 23.6 Å². The van der Waals surface area contributed by atoms with E-state index in [1.165, 1.54) is 12.0 Å². The number of esters is 1. The van der Waals surface area contributed by atoms with E-state index in [9.17, 15) is 4.79 Å². The van der Waals surface area contributed by atoms with Crippen LogP contribution in [0.4, 0.5) is 0 Å². The molecule has 0 aliphatic heterocycles. The lowest BCUT2D eigenvalue weighted by Gasteiger charge is -2.25. The molecular formula is C15H26N2O2S. The van der Waals surface area contributed by atoms with Gasteiger partial charge in [-0.25, -0.2) is 0 Å². The van der Waals surface area contributed by atoms with Crippen molar-refractivity contribution >= 4 is 17.3 Å². The second kappa shape index (κ2) is 8.39. The third-order valence-electron chi connectivity index (χ3n) is 3.17. The van der Waals surface area contributed by atoms with E-state index in [1.54, 1.807) is 11.3 Å². The summed E-state index contributed by atoms with van der Waals surface area (Å²) in [5.74, 6) is 0.408.